The zero-order valence-electron chi connectivity index (χ0n) is 13.3. The van der Waals surface area contributed by atoms with E-state index in [2.05, 4.69) is 26.0 Å². The highest BCUT2D eigenvalue weighted by Gasteiger charge is 2.28. The van der Waals surface area contributed by atoms with Crippen LogP contribution in [0, 0.1) is 0 Å². The summed E-state index contributed by atoms with van der Waals surface area (Å²) < 4.78 is 28.0. The smallest absolute Gasteiger partial charge is 0.248 e. The lowest BCUT2D eigenvalue weighted by Crippen LogP contribution is -2.25. The van der Waals surface area contributed by atoms with Gasteiger partial charge in [-0.1, -0.05) is 40.2 Å². The van der Waals surface area contributed by atoms with Crippen LogP contribution in [0.4, 0.5) is 5.69 Å². The van der Waals surface area contributed by atoms with Crippen molar-refractivity contribution in [3.63, 3.8) is 0 Å². The van der Waals surface area contributed by atoms with Gasteiger partial charge in [0.15, 0.2) is 0 Å². The molecule has 0 spiro atoms. The van der Waals surface area contributed by atoms with Gasteiger partial charge in [-0.05, 0) is 48.7 Å². The van der Waals surface area contributed by atoms with Crippen LogP contribution in [0.1, 0.15) is 18.4 Å². The minimum atomic E-state index is -3.54. The fraction of sp³-hybridized carbons (Fsp3) is 0.167. The van der Waals surface area contributed by atoms with Crippen LogP contribution in [0.15, 0.2) is 64.0 Å². The van der Waals surface area contributed by atoms with E-state index >= 15 is 0 Å². The molecule has 2 N–H and O–H groups in total. The summed E-state index contributed by atoms with van der Waals surface area (Å²) in [4.78, 5) is 12.2. The first-order valence-electron chi connectivity index (χ1n) is 7.80. The maximum Gasteiger partial charge on any atom is 0.248 e. The number of anilines is 1. The van der Waals surface area contributed by atoms with Crippen LogP contribution in [0.3, 0.4) is 0 Å². The average Bonchev–Trinajstić information content (AvgIpc) is 3.38. The summed E-state index contributed by atoms with van der Waals surface area (Å²) in [5.41, 5.74) is 1.31. The van der Waals surface area contributed by atoms with E-state index in [1.54, 1.807) is 18.2 Å². The minimum Gasteiger partial charge on any atom is -0.322 e. The summed E-state index contributed by atoms with van der Waals surface area (Å²) in [6.07, 6.45) is 4.84. The SMILES string of the molecule is O=C(/C=C/c1ccccc1Br)Nc1cccc(S(=O)(=O)NC2CC2)c1. The standard InChI is InChI=1S/C18H17BrN2O3S/c19-17-7-2-1-4-13(17)8-11-18(22)20-15-5-3-6-16(12-15)25(23,24)21-14-9-10-14/h1-8,11-12,14,21H,9-10H2,(H,20,22)/b11-8+. The highest BCUT2D eigenvalue weighted by molar-refractivity contribution is 9.10. The lowest BCUT2D eigenvalue weighted by atomic mass is 10.2. The molecule has 0 aromatic heterocycles. The molecule has 25 heavy (non-hydrogen) atoms. The Hall–Kier alpha value is -1.96. The van der Waals surface area contributed by atoms with Crippen molar-refractivity contribution in [1.82, 2.24) is 4.72 Å². The van der Waals surface area contributed by atoms with E-state index in [1.165, 1.54) is 18.2 Å². The molecule has 0 atom stereocenters. The van der Waals surface area contributed by atoms with Gasteiger partial charge in [0.25, 0.3) is 0 Å². The van der Waals surface area contributed by atoms with Crippen molar-refractivity contribution in [3.8, 4) is 0 Å². The molecule has 1 aliphatic rings. The van der Waals surface area contributed by atoms with Crippen molar-refractivity contribution >= 4 is 43.6 Å². The van der Waals surface area contributed by atoms with Gasteiger partial charge < -0.3 is 5.32 Å². The quantitative estimate of drug-likeness (QED) is 0.701. The van der Waals surface area contributed by atoms with Crippen molar-refractivity contribution < 1.29 is 13.2 Å². The van der Waals surface area contributed by atoms with Crippen LogP contribution in [-0.2, 0) is 14.8 Å². The Kier molecular flexibility index (Phi) is 5.36. The molecule has 0 heterocycles. The lowest BCUT2D eigenvalue weighted by Gasteiger charge is -2.08. The molecule has 2 aromatic carbocycles. The molecule has 1 amide bonds. The first kappa shape index (κ1) is 17.8. The molecule has 5 nitrogen and oxygen atoms in total. The van der Waals surface area contributed by atoms with Gasteiger partial charge in [0.05, 0.1) is 4.90 Å². The molecular weight excluding hydrogens is 404 g/mol. The number of halogens is 1. The van der Waals surface area contributed by atoms with E-state index in [0.29, 0.717) is 5.69 Å². The summed E-state index contributed by atoms with van der Waals surface area (Å²) in [5, 5.41) is 2.68. The Balaban J connectivity index is 1.69. The maximum absolute atomic E-state index is 12.2. The molecule has 0 saturated heterocycles. The number of hydrogen-bond donors (Lipinski definition) is 2. The zero-order chi connectivity index (χ0) is 17.9. The van der Waals surface area contributed by atoms with Crippen LogP contribution in [0.25, 0.3) is 6.08 Å². The Bertz CT molecular complexity index is 921. The van der Waals surface area contributed by atoms with E-state index < -0.39 is 10.0 Å². The van der Waals surface area contributed by atoms with Crippen molar-refractivity contribution in [2.45, 2.75) is 23.8 Å². The molecule has 0 unspecified atom stereocenters. The third-order valence-corrected chi connectivity index (χ3v) is 5.87. The van der Waals surface area contributed by atoms with E-state index in [4.69, 9.17) is 0 Å². The van der Waals surface area contributed by atoms with Crippen LogP contribution >= 0.6 is 15.9 Å². The van der Waals surface area contributed by atoms with Gasteiger partial charge in [0.2, 0.25) is 15.9 Å². The highest BCUT2D eigenvalue weighted by Crippen LogP contribution is 2.23. The summed E-state index contributed by atoms with van der Waals surface area (Å²) in [7, 11) is -3.54. The summed E-state index contributed by atoms with van der Waals surface area (Å²) in [6, 6.07) is 13.8. The van der Waals surface area contributed by atoms with Crippen molar-refractivity contribution in [2.75, 3.05) is 5.32 Å². The number of sulfonamides is 1. The lowest BCUT2D eigenvalue weighted by molar-refractivity contribution is -0.111. The van der Waals surface area contributed by atoms with Crippen molar-refractivity contribution in [1.29, 1.82) is 0 Å². The van der Waals surface area contributed by atoms with Crippen LogP contribution in [-0.4, -0.2) is 20.4 Å². The van der Waals surface area contributed by atoms with Gasteiger partial charge in [0.1, 0.15) is 0 Å². The van der Waals surface area contributed by atoms with E-state index in [9.17, 15) is 13.2 Å². The zero-order valence-corrected chi connectivity index (χ0v) is 15.7. The molecule has 3 rings (SSSR count). The van der Waals surface area contributed by atoms with Gasteiger partial charge in [-0.15, -0.1) is 0 Å². The minimum absolute atomic E-state index is 0.0375. The van der Waals surface area contributed by atoms with Gasteiger partial charge in [-0.2, -0.15) is 0 Å². The summed E-state index contributed by atoms with van der Waals surface area (Å²) in [5.74, 6) is -0.333. The fourth-order valence-electron chi connectivity index (χ4n) is 2.19. The second-order valence-corrected chi connectivity index (χ2v) is 8.34. The molecule has 1 saturated carbocycles. The highest BCUT2D eigenvalue weighted by atomic mass is 79.9. The second kappa shape index (κ2) is 7.51. The Morgan fingerprint density at radius 2 is 1.88 bits per heavy atom. The van der Waals surface area contributed by atoms with E-state index in [0.717, 1.165) is 22.9 Å². The van der Waals surface area contributed by atoms with Crippen LogP contribution in [0.5, 0.6) is 0 Å². The molecule has 0 aliphatic heterocycles. The van der Waals surface area contributed by atoms with Gasteiger partial charge in [-0.25, -0.2) is 13.1 Å². The topological polar surface area (TPSA) is 75.3 Å². The first-order valence-corrected chi connectivity index (χ1v) is 10.1. The predicted octanol–water partition coefficient (Wildman–Crippen LogP) is 3.54. The third kappa shape index (κ3) is 5.01. The van der Waals surface area contributed by atoms with E-state index in [-0.39, 0.29) is 16.8 Å². The predicted molar refractivity (Wildman–Crippen MR) is 102 cm³/mol. The molecule has 0 radical (unpaired) electrons. The Morgan fingerprint density at radius 1 is 1.12 bits per heavy atom. The van der Waals surface area contributed by atoms with Gasteiger partial charge >= 0.3 is 0 Å². The third-order valence-electron chi connectivity index (χ3n) is 3.63. The van der Waals surface area contributed by atoms with Gasteiger partial charge in [-0.3, -0.25) is 4.79 Å². The van der Waals surface area contributed by atoms with Crippen LogP contribution in [0.2, 0.25) is 0 Å². The monoisotopic (exact) mass is 420 g/mol. The molecule has 1 fully saturated rings. The first-order chi connectivity index (χ1) is 11.9. The van der Waals surface area contributed by atoms with E-state index in [1.807, 2.05) is 24.3 Å². The Morgan fingerprint density at radius 3 is 2.60 bits per heavy atom. The number of benzene rings is 2. The number of amides is 1. The second-order valence-electron chi connectivity index (χ2n) is 5.77. The molecule has 1 aliphatic carbocycles. The van der Waals surface area contributed by atoms with Crippen molar-refractivity contribution in [2.24, 2.45) is 0 Å². The number of rotatable bonds is 6. The normalized spacial score (nSPS) is 14.6. The maximum atomic E-state index is 12.2. The largest absolute Gasteiger partial charge is 0.322 e. The number of carbonyl (C=O) groups excluding carboxylic acids is 1. The van der Waals surface area contributed by atoms with Gasteiger partial charge in [0, 0.05) is 22.3 Å². The van der Waals surface area contributed by atoms with Crippen molar-refractivity contribution in [3.05, 3.63) is 64.6 Å². The summed E-state index contributed by atoms with van der Waals surface area (Å²) >= 11 is 3.41. The number of hydrogen-bond acceptors (Lipinski definition) is 3. The fourth-order valence-corrected chi connectivity index (χ4v) is 3.96. The molecule has 7 heteroatoms. The molecule has 130 valence electrons. The molecule has 0 bridgehead atoms. The number of nitrogens with one attached hydrogen (secondary N) is 2. The molecular formula is C18H17BrN2O3S. The molecule has 2 aromatic rings. The number of carbonyl (C=O) groups is 1. The average molecular weight is 421 g/mol. The van der Waals surface area contributed by atoms with Crippen LogP contribution < -0.4 is 10.0 Å². The Labute approximate surface area is 155 Å². The summed E-state index contributed by atoms with van der Waals surface area (Å²) in [6.45, 7) is 0.